The Kier molecular flexibility index (Phi) is 3.81. The third-order valence-corrected chi connectivity index (χ3v) is 3.39. The smallest absolute Gasteiger partial charge is 0.257 e. The monoisotopic (exact) mass is 266 g/mol. The number of nitrogen functional groups attached to an aromatic ring is 1. The fourth-order valence-electron chi connectivity index (χ4n) is 2.09. The molecule has 1 aliphatic rings. The number of nitrogens with two attached hydrogens (primary N) is 1. The number of hydrogen-bond donors (Lipinski definition) is 1. The lowest BCUT2D eigenvalue weighted by molar-refractivity contribution is 0.0724. The molecule has 2 rings (SSSR count). The van der Waals surface area contributed by atoms with Gasteiger partial charge in [0.05, 0.1) is 10.6 Å². The Hall–Kier alpha value is -1.22. The zero-order valence-corrected chi connectivity index (χ0v) is 11.6. The largest absolute Gasteiger partial charge is 0.398 e. The highest BCUT2D eigenvalue weighted by molar-refractivity contribution is 6.34. The van der Waals surface area contributed by atoms with Crippen LogP contribution in [-0.4, -0.2) is 23.4 Å². The molecule has 1 saturated carbocycles. The van der Waals surface area contributed by atoms with Gasteiger partial charge in [0.1, 0.15) is 0 Å². The lowest BCUT2D eigenvalue weighted by atomic mass is 10.1. The molecule has 0 bridgehead atoms. The van der Waals surface area contributed by atoms with E-state index in [0.29, 0.717) is 28.2 Å². The molecule has 98 valence electrons. The van der Waals surface area contributed by atoms with Crippen molar-refractivity contribution in [1.29, 1.82) is 0 Å². The van der Waals surface area contributed by atoms with Gasteiger partial charge < -0.3 is 10.6 Å². The molecule has 4 heteroatoms. The molecule has 1 amide bonds. The first kappa shape index (κ1) is 13.2. The van der Waals surface area contributed by atoms with Crippen LogP contribution in [-0.2, 0) is 0 Å². The van der Waals surface area contributed by atoms with Crippen molar-refractivity contribution in [2.45, 2.75) is 32.7 Å². The maximum Gasteiger partial charge on any atom is 0.257 e. The van der Waals surface area contributed by atoms with E-state index in [1.165, 1.54) is 0 Å². The van der Waals surface area contributed by atoms with Gasteiger partial charge in [-0.1, -0.05) is 31.5 Å². The van der Waals surface area contributed by atoms with Crippen LogP contribution < -0.4 is 5.73 Å². The minimum absolute atomic E-state index is 0.0331. The molecule has 1 aliphatic carbocycles. The van der Waals surface area contributed by atoms with Crippen molar-refractivity contribution in [3.63, 3.8) is 0 Å². The predicted octanol–water partition coefficient (Wildman–Crippen LogP) is 3.18. The fraction of sp³-hybridized carbons (Fsp3) is 0.500. The summed E-state index contributed by atoms with van der Waals surface area (Å²) in [7, 11) is 0. The van der Waals surface area contributed by atoms with Crippen molar-refractivity contribution in [3.05, 3.63) is 28.8 Å². The maximum atomic E-state index is 12.6. The first-order chi connectivity index (χ1) is 8.50. The highest BCUT2D eigenvalue weighted by Gasteiger charge is 2.34. The van der Waals surface area contributed by atoms with E-state index in [4.69, 9.17) is 17.3 Å². The number of carbonyl (C=O) groups excluding carboxylic acids is 1. The third-order valence-electron chi connectivity index (χ3n) is 3.07. The van der Waals surface area contributed by atoms with Gasteiger partial charge in [-0.05, 0) is 30.9 Å². The number of nitrogens with zero attached hydrogens (tertiary/aromatic N) is 1. The van der Waals surface area contributed by atoms with E-state index in [-0.39, 0.29) is 5.91 Å². The van der Waals surface area contributed by atoms with Crippen LogP contribution in [0.2, 0.25) is 5.02 Å². The Morgan fingerprint density at radius 2 is 2.17 bits per heavy atom. The minimum Gasteiger partial charge on any atom is -0.398 e. The lowest BCUT2D eigenvalue weighted by Crippen LogP contribution is -2.36. The van der Waals surface area contributed by atoms with Gasteiger partial charge in [-0.3, -0.25) is 4.79 Å². The van der Waals surface area contributed by atoms with Crippen molar-refractivity contribution < 1.29 is 4.79 Å². The number of benzene rings is 1. The molecular formula is C14H19ClN2O. The second kappa shape index (κ2) is 5.19. The molecule has 0 radical (unpaired) electrons. The normalized spacial score (nSPS) is 14.9. The minimum atomic E-state index is -0.0331. The van der Waals surface area contributed by atoms with Crippen LogP contribution in [0.3, 0.4) is 0 Å². The van der Waals surface area contributed by atoms with Crippen LogP contribution in [0.5, 0.6) is 0 Å². The Morgan fingerprint density at radius 3 is 2.67 bits per heavy atom. The maximum absolute atomic E-state index is 12.6. The van der Waals surface area contributed by atoms with E-state index < -0.39 is 0 Å². The van der Waals surface area contributed by atoms with E-state index in [1.54, 1.807) is 18.2 Å². The van der Waals surface area contributed by atoms with Crippen molar-refractivity contribution in [1.82, 2.24) is 4.90 Å². The number of rotatable bonds is 4. The van der Waals surface area contributed by atoms with Crippen molar-refractivity contribution in [2.75, 3.05) is 12.3 Å². The molecule has 0 unspecified atom stereocenters. The molecule has 0 aliphatic heterocycles. The molecule has 2 N–H and O–H groups in total. The summed E-state index contributed by atoms with van der Waals surface area (Å²) in [5.74, 6) is 0.410. The molecule has 0 saturated heterocycles. The van der Waals surface area contributed by atoms with Crippen LogP contribution in [0.25, 0.3) is 0 Å². The standard InChI is InChI=1S/C14H19ClN2O/c1-9(2)8-17(10-6-7-10)14(18)13-11(15)4-3-5-12(13)16/h3-5,9-10H,6-8,16H2,1-2H3. The SMILES string of the molecule is CC(C)CN(C(=O)c1c(N)cccc1Cl)C1CC1. The van der Waals surface area contributed by atoms with Crippen LogP contribution in [0, 0.1) is 5.92 Å². The van der Waals surface area contributed by atoms with E-state index in [2.05, 4.69) is 13.8 Å². The van der Waals surface area contributed by atoms with Gasteiger partial charge in [0.2, 0.25) is 0 Å². The van der Waals surface area contributed by atoms with Crippen LogP contribution in [0.1, 0.15) is 37.0 Å². The quantitative estimate of drug-likeness (QED) is 0.851. The summed E-state index contributed by atoms with van der Waals surface area (Å²) in [6.07, 6.45) is 2.17. The van der Waals surface area contributed by atoms with E-state index in [1.807, 2.05) is 4.90 Å². The number of carbonyl (C=O) groups is 1. The summed E-state index contributed by atoms with van der Waals surface area (Å²) in [6, 6.07) is 5.57. The van der Waals surface area contributed by atoms with E-state index >= 15 is 0 Å². The predicted molar refractivity (Wildman–Crippen MR) is 74.8 cm³/mol. The van der Waals surface area contributed by atoms with E-state index in [0.717, 1.165) is 19.4 Å². The molecular weight excluding hydrogens is 248 g/mol. The second-order valence-electron chi connectivity index (χ2n) is 5.29. The average molecular weight is 267 g/mol. The summed E-state index contributed by atoms with van der Waals surface area (Å²) >= 11 is 6.10. The number of hydrogen-bond acceptors (Lipinski definition) is 2. The summed E-state index contributed by atoms with van der Waals surface area (Å²) in [4.78, 5) is 14.5. The number of halogens is 1. The molecule has 1 fully saturated rings. The fourth-order valence-corrected chi connectivity index (χ4v) is 2.35. The molecule has 0 atom stereocenters. The van der Waals surface area contributed by atoms with Gasteiger partial charge in [-0.15, -0.1) is 0 Å². The first-order valence-corrected chi connectivity index (χ1v) is 6.73. The molecule has 18 heavy (non-hydrogen) atoms. The van der Waals surface area contributed by atoms with Crippen LogP contribution >= 0.6 is 11.6 Å². The molecule has 1 aromatic rings. The zero-order chi connectivity index (χ0) is 13.3. The van der Waals surface area contributed by atoms with Gasteiger partial charge in [-0.2, -0.15) is 0 Å². The Balaban J connectivity index is 2.27. The highest BCUT2D eigenvalue weighted by Crippen LogP contribution is 2.32. The van der Waals surface area contributed by atoms with Gasteiger partial charge in [0.25, 0.3) is 5.91 Å². The summed E-state index contributed by atoms with van der Waals surface area (Å²) in [6.45, 7) is 4.98. The van der Waals surface area contributed by atoms with Crippen molar-refractivity contribution >= 4 is 23.2 Å². The summed E-state index contributed by atoms with van der Waals surface area (Å²) in [5.41, 5.74) is 6.79. The van der Waals surface area contributed by atoms with Crippen molar-refractivity contribution in [2.24, 2.45) is 5.92 Å². The summed E-state index contributed by atoms with van der Waals surface area (Å²) < 4.78 is 0. The highest BCUT2D eigenvalue weighted by atomic mass is 35.5. The van der Waals surface area contributed by atoms with Crippen LogP contribution in [0.4, 0.5) is 5.69 Å². The third kappa shape index (κ3) is 2.78. The Morgan fingerprint density at radius 1 is 1.50 bits per heavy atom. The molecule has 0 heterocycles. The molecule has 1 aromatic carbocycles. The number of amides is 1. The topological polar surface area (TPSA) is 46.3 Å². The first-order valence-electron chi connectivity index (χ1n) is 6.35. The average Bonchev–Trinajstić information content (AvgIpc) is 3.09. The van der Waals surface area contributed by atoms with Gasteiger partial charge >= 0.3 is 0 Å². The summed E-state index contributed by atoms with van der Waals surface area (Å²) in [5, 5.41) is 0.439. The van der Waals surface area contributed by atoms with Crippen molar-refractivity contribution in [3.8, 4) is 0 Å². The Bertz CT molecular complexity index is 435. The number of anilines is 1. The van der Waals surface area contributed by atoms with Gasteiger partial charge in [0.15, 0.2) is 0 Å². The Labute approximate surface area is 113 Å². The van der Waals surface area contributed by atoms with Crippen LogP contribution in [0.15, 0.2) is 18.2 Å². The lowest BCUT2D eigenvalue weighted by Gasteiger charge is -2.25. The second-order valence-corrected chi connectivity index (χ2v) is 5.69. The molecule has 3 nitrogen and oxygen atoms in total. The molecule has 0 aromatic heterocycles. The van der Waals surface area contributed by atoms with Gasteiger partial charge in [0, 0.05) is 18.3 Å². The molecule has 0 spiro atoms. The van der Waals surface area contributed by atoms with Gasteiger partial charge in [-0.25, -0.2) is 0 Å². The van der Waals surface area contributed by atoms with E-state index in [9.17, 15) is 4.79 Å². The zero-order valence-electron chi connectivity index (χ0n) is 10.8.